The van der Waals surface area contributed by atoms with Crippen molar-refractivity contribution in [1.82, 2.24) is 9.97 Å². The normalized spacial score (nSPS) is 11.9. The van der Waals surface area contributed by atoms with Crippen molar-refractivity contribution in [3.63, 3.8) is 0 Å². The van der Waals surface area contributed by atoms with E-state index in [1.807, 2.05) is 56.3 Å². The number of rotatable bonds is 6. The van der Waals surface area contributed by atoms with Gasteiger partial charge >= 0.3 is 0 Å². The van der Waals surface area contributed by atoms with Gasteiger partial charge in [-0.2, -0.15) is 0 Å². The number of carbonyl (C=O) groups is 1. The first-order valence-corrected chi connectivity index (χ1v) is 9.48. The largest absolute Gasteiger partial charge is 0.454 e. The van der Waals surface area contributed by atoms with Gasteiger partial charge in [0.05, 0.1) is 0 Å². The van der Waals surface area contributed by atoms with Gasteiger partial charge in [0, 0.05) is 25.0 Å². The van der Waals surface area contributed by atoms with Crippen molar-refractivity contribution in [3.05, 3.63) is 71.5 Å². The van der Waals surface area contributed by atoms with Crippen molar-refractivity contribution in [2.75, 3.05) is 23.6 Å². The van der Waals surface area contributed by atoms with E-state index in [2.05, 4.69) is 15.3 Å². The second kappa shape index (κ2) is 8.18. The number of hydrogen-bond acceptors (Lipinski definition) is 6. The summed E-state index contributed by atoms with van der Waals surface area (Å²) >= 11 is 0. The van der Waals surface area contributed by atoms with Gasteiger partial charge in [-0.15, -0.1) is 0 Å². The summed E-state index contributed by atoms with van der Waals surface area (Å²) in [6.07, 6.45) is 1.59. The van der Waals surface area contributed by atoms with Crippen LogP contribution in [-0.4, -0.2) is 29.2 Å². The number of aryl methyl sites for hydroxylation is 1. The Labute approximate surface area is 169 Å². The lowest BCUT2D eigenvalue weighted by Gasteiger charge is -2.21. The zero-order valence-corrected chi connectivity index (χ0v) is 16.4. The van der Waals surface area contributed by atoms with Crippen LogP contribution in [0.5, 0.6) is 11.5 Å². The molecule has 0 unspecified atom stereocenters. The molecule has 1 aromatic heterocycles. The summed E-state index contributed by atoms with van der Waals surface area (Å²) in [5.41, 5.74) is 3.30. The van der Waals surface area contributed by atoms with Crippen LogP contribution in [0.1, 0.15) is 28.5 Å². The number of amides is 1. The average molecular weight is 390 g/mol. The lowest BCUT2D eigenvalue weighted by molar-refractivity contribution is 0.0983. The number of nitrogens with zero attached hydrogens (tertiary/aromatic N) is 3. The fourth-order valence-corrected chi connectivity index (χ4v) is 3.17. The van der Waals surface area contributed by atoms with Gasteiger partial charge in [0.15, 0.2) is 11.5 Å². The molecule has 0 fully saturated rings. The average Bonchev–Trinajstić information content (AvgIpc) is 3.21. The van der Waals surface area contributed by atoms with Crippen LogP contribution in [0, 0.1) is 6.92 Å². The number of carbonyl (C=O) groups excluding carboxylic acids is 1. The van der Waals surface area contributed by atoms with E-state index >= 15 is 0 Å². The van der Waals surface area contributed by atoms with Gasteiger partial charge in [-0.3, -0.25) is 4.79 Å². The maximum atomic E-state index is 13.0. The van der Waals surface area contributed by atoms with Crippen LogP contribution in [0.4, 0.5) is 11.6 Å². The fourth-order valence-electron chi connectivity index (χ4n) is 3.17. The highest BCUT2D eigenvalue weighted by atomic mass is 16.7. The molecular weight excluding hydrogens is 368 g/mol. The topological polar surface area (TPSA) is 76.6 Å². The van der Waals surface area contributed by atoms with Crippen LogP contribution in [0.2, 0.25) is 0 Å². The van der Waals surface area contributed by atoms with Crippen LogP contribution in [-0.2, 0) is 6.54 Å². The van der Waals surface area contributed by atoms with E-state index < -0.39 is 0 Å². The third-order valence-electron chi connectivity index (χ3n) is 4.64. The molecule has 0 radical (unpaired) electrons. The van der Waals surface area contributed by atoms with Crippen molar-refractivity contribution >= 4 is 17.5 Å². The smallest absolute Gasteiger partial charge is 0.277 e. The number of anilines is 2. The number of fused-ring (bicyclic) bond motifs is 1. The zero-order valence-electron chi connectivity index (χ0n) is 16.4. The molecule has 0 saturated heterocycles. The van der Waals surface area contributed by atoms with E-state index in [9.17, 15) is 4.79 Å². The maximum Gasteiger partial charge on any atom is 0.277 e. The third kappa shape index (κ3) is 4.13. The van der Waals surface area contributed by atoms with Gasteiger partial charge in [-0.25, -0.2) is 9.97 Å². The Morgan fingerprint density at radius 1 is 1.14 bits per heavy atom. The van der Waals surface area contributed by atoms with Crippen molar-refractivity contribution in [3.8, 4) is 11.5 Å². The Bertz CT molecular complexity index is 1040. The van der Waals surface area contributed by atoms with Crippen LogP contribution >= 0.6 is 0 Å². The van der Waals surface area contributed by atoms with Gasteiger partial charge in [0.1, 0.15) is 5.69 Å². The van der Waals surface area contributed by atoms with Crippen LogP contribution < -0.4 is 19.7 Å². The second-order valence-corrected chi connectivity index (χ2v) is 6.70. The Kier molecular flexibility index (Phi) is 5.29. The Hall–Kier alpha value is -3.61. The summed E-state index contributed by atoms with van der Waals surface area (Å²) in [6, 6.07) is 15.2. The first-order valence-electron chi connectivity index (χ1n) is 9.48. The van der Waals surface area contributed by atoms with E-state index in [1.165, 1.54) is 0 Å². The van der Waals surface area contributed by atoms with Crippen molar-refractivity contribution in [2.24, 2.45) is 0 Å². The van der Waals surface area contributed by atoms with E-state index in [0.29, 0.717) is 24.7 Å². The van der Waals surface area contributed by atoms with Crippen molar-refractivity contribution < 1.29 is 14.3 Å². The predicted molar refractivity (Wildman–Crippen MR) is 110 cm³/mol. The van der Waals surface area contributed by atoms with Crippen molar-refractivity contribution in [2.45, 2.75) is 20.4 Å². The number of ether oxygens (including phenoxy) is 2. The van der Waals surface area contributed by atoms with E-state index in [4.69, 9.17) is 9.47 Å². The number of nitrogens with one attached hydrogen (secondary N) is 1. The summed E-state index contributed by atoms with van der Waals surface area (Å²) in [5, 5.41) is 3.16. The van der Waals surface area contributed by atoms with Gasteiger partial charge in [0.2, 0.25) is 12.7 Å². The molecular formula is C22H22N4O3. The fraction of sp³-hybridized carbons (Fsp3) is 0.227. The Morgan fingerprint density at radius 3 is 2.83 bits per heavy atom. The summed E-state index contributed by atoms with van der Waals surface area (Å²) in [6.45, 7) is 5.25. The van der Waals surface area contributed by atoms with Gasteiger partial charge in [0.25, 0.3) is 5.91 Å². The predicted octanol–water partition coefficient (Wildman–Crippen LogP) is 3.79. The van der Waals surface area contributed by atoms with Gasteiger partial charge in [-0.05, 0) is 55.3 Å². The van der Waals surface area contributed by atoms with Crippen LogP contribution in [0.3, 0.4) is 0 Å². The summed E-state index contributed by atoms with van der Waals surface area (Å²) in [4.78, 5) is 23.4. The first kappa shape index (κ1) is 18.7. The van der Waals surface area contributed by atoms with Crippen molar-refractivity contribution in [1.29, 1.82) is 0 Å². The van der Waals surface area contributed by atoms with Gasteiger partial charge in [-0.1, -0.05) is 18.2 Å². The molecule has 0 aliphatic carbocycles. The van der Waals surface area contributed by atoms with E-state index in [1.54, 1.807) is 17.2 Å². The van der Waals surface area contributed by atoms with Crippen LogP contribution in [0.15, 0.2) is 54.7 Å². The van der Waals surface area contributed by atoms with E-state index in [-0.39, 0.29) is 12.7 Å². The Morgan fingerprint density at radius 2 is 2.00 bits per heavy atom. The molecule has 1 N–H and O–H groups in total. The molecule has 2 aromatic carbocycles. The van der Waals surface area contributed by atoms with Crippen LogP contribution in [0.25, 0.3) is 0 Å². The minimum Gasteiger partial charge on any atom is -0.454 e. The van der Waals surface area contributed by atoms with E-state index in [0.717, 1.165) is 28.3 Å². The maximum absolute atomic E-state index is 13.0. The highest BCUT2D eigenvalue weighted by Crippen LogP contribution is 2.32. The third-order valence-corrected chi connectivity index (χ3v) is 4.64. The second-order valence-electron chi connectivity index (χ2n) is 6.70. The number of benzene rings is 2. The zero-order chi connectivity index (χ0) is 20.2. The molecule has 0 saturated carbocycles. The minimum absolute atomic E-state index is 0.161. The highest BCUT2D eigenvalue weighted by molar-refractivity contribution is 6.04. The SMILES string of the molecule is CCN(C(=O)c1ccnc(NCc2ccc3c(c2)OCO3)n1)c1cccc(C)c1. The lowest BCUT2D eigenvalue weighted by atomic mass is 10.2. The summed E-state index contributed by atoms with van der Waals surface area (Å²) in [7, 11) is 0. The highest BCUT2D eigenvalue weighted by Gasteiger charge is 2.18. The molecule has 0 bridgehead atoms. The monoisotopic (exact) mass is 390 g/mol. The quantitative estimate of drug-likeness (QED) is 0.690. The number of hydrogen-bond donors (Lipinski definition) is 1. The number of aromatic nitrogens is 2. The molecule has 1 aliphatic heterocycles. The molecule has 0 atom stereocenters. The summed E-state index contributed by atoms with van der Waals surface area (Å²) in [5.74, 6) is 1.71. The molecule has 148 valence electrons. The Balaban J connectivity index is 1.48. The molecule has 7 heteroatoms. The molecule has 3 aromatic rings. The standard InChI is InChI=1S/C22H22N4O3/c1-3-26(17-6-4-5-15(2)11-17)21(27)18-9-10-23-22(25-18)24-13-16-7-8-19-20(12-16)29-14-28-19/h4-12H,3,13-14H2,1-2H3,(H,23,24,25). The molecule has 1 aliphatic rings. The molecule has 0 spiro atoms. The molecule has 7 nitrogen and oxygen atoms in total. The minimum atomic E-state index is -0.161. The molecule has 4 rings (SSSR count). The molecule has 29 heavy (non-hydrogen) atoms. The first-order chi connectivity index (χ1) is 14.1. The van der Waals surface area contributed by atoms with Gasteiger partial charge < -0.3 is 19.7 Å². The lowest BCUT2D eigenvalue weighted by Crippen LogP contribution is -2.31. The molecule has 2 heterocycles. The summed E-state index contributed by atoms with van der Waals surface area (Å²) < 4.78 is 10.7. The molecule has 1 amide bonds.